The summed E-state index contributed by atoms with van der Waals surface area (Å²) in [6.45, 7) is 1.76. The van der Waals surface area contributed by atoms with Crippen molar-refractivity contribution in [2.24, 2.45) is 5.73 Å². The Bertz CT molecular complexity index is 365. The summed E-state index contributed by atoms with van der Waals surface area (Å²) in [5.74, 6) is -1.25. The number of nitrogens with one attached hydrogen (secondary N) is 1. The molecule has 6 heteroatoms. The number of carboxylic acids is 1. The van der Waals surface area contributed by atoms with Crippen LogP contribution in [0.25, 0.3) is 0 Å². The first-order valence-corrected chi connectivity index (χ1v) is 3.76. The minimum Gasteiger partial charge on any atom is -0.480 e. The quantitative estimate of drug-likeness (QED) is 0.595. The first-order chi connectivity index (χ1) is 6.07. The molecule has 0 aromatic carbocycles. The van der Waals surface area contributed by atoms with Crippen molar-refractivity contribution in [1.29, 1.82) is 0 Å². The molecule has 13 heavy (non-hydrogen) atoms. The van der Waals surface area contributed by atoms with Crippen LogP contribution < -0.4 is 11.4 Å². The Kier molecular flexibility index (Phi) is 2.52. The van der Waals surface area contributed by atoms with Crippen molar-refractivity contribution in [1.82, 2.24) is 5.16 Å². The lowest BCUT2D eigenvalue weighted by molar-refractivity contribution is -0.138. The fraction of sp³-hybridized carbons (Fsp3) is 0.429. The number of H-pyrrole nitrogens is 1. The van der Waals surface area contributed by atoms with Crippen LogP contribution in [0, 0.1) is 0 Å². The molecular weight excluding hydrogens is 176 g/mol. The number of nitrogens with two attached hydrogens (primary N) is 1. The van der Waals surface area contributed by atoms with Crippen molar-refractivity contribution in [2.75, 3.05) is 0 Å². The van der Waals surface area contributed by atoms with E-state index in [1.807, 2.05) is 0 Å². The van der Waals surface area contributed by atoms with E-state index in [-0.39, 0.29) is 5.56 Å². The zero-order valence-electron chi connectivity index (χ0n) is 7.03. The number of carboxylic acid groups (broad SMARTS) is 1. The van der Waals surface area contributed by atoms with Crippen molar-refractivity contribution in [3.05, 3.63) is 21.7 Å². The average molecular weight is 186 g/mol. The lowest BCUT2D eigenvalue weighted by atomic mass is 10.1. The standard InChI is InChI=1S/C7H10N2O4/c1-2-3-4(5(8)6(10)11)7(12)13-9-3/h5,9H,2,8H2,1H3,(H,10,11)/t5-/m1/s1. The van der Waals surface area contributed by atoms with Gasteiger partial charge in [0, 0.05) is 0 Å². The number of rotatable bonds is 3. The van der Waals surface area contributed by atoms with E-state index in [4.69, 9.17) is 10.8 Å². The van der Waals surface area contributed by atoms with E-state index in [2.05, 4.69) is 9.68 Å². The molecule has 0 aliphatic rings. The fourth-order valence-corrected chi connectivity index (χ4v) is 1.04. The minimum atomic E-state index is -1.32. The lowest BCUT2D eigenvalue weighted by Crippen LogP contribution is -2.26. The summed E-state index contributed by atoms with van der Waals surface area (Å²) in [4.78, 5) is 21.5. The number of hydrogen-bond donors (Lipinski definition) is 3. The number of aliphatic carboxylic acids is 1. The number of aromatic nitrogens is 1. The molecule has 0 aliphatic heterocycles. The summed E-state index contributed by atoms with van der Waals surface area (Å²) >= 11 is 0. The highest BCUT2D eigenvalue weighted by atomic mass is 16.5. The molecule has 4 N–H and O–H groups in total. The molecule has 0 aliphatic carbocycles. The second kappa shape index (κ2) is 3.44. The van der Waals surface area contributed by atoms with Crippen molar-refractivity contribution in [2.45, 2.75) is 19.4 Å². The molecule has 0 saturated carbocycles. The topological polar surface area (TPSA) is 109 Å². The van der Waals surface area contributed by atoms with Crippen molar-refractivity contribution >= 4 is 5.97 Å². The molecule has 0 amide bonds. The van der Waals surface area contributed by atoms with Gasteiger partial charge >= 0.3 is 11.6 Å². The van der Waals surface area contributed by atoms with Crippen LogP contribution in [0.15, 0.2) is 9.32 Å². The van der Waals surface area contributed by atoms with E-state index in [1.165, 1.54) is 0 Å². The molecule has 1 rings (SSSR count). The van der Waals surface area contributed by atoms with Crippen LogP contribution in [-0.2, 0) is 11.2 Å². The molecular formula is C7H10N2O4. The Balaban J connectivity index is 3.18. The Morgan fingerprint density at radius 1 is 1.77 bits per heavy atom. The van der Waals surface area contributed by atoms with Gasteiger partial charge in [-0.25, -0.2) is 9.95 Å². The molecule has 0 fully saturated rings. The van der Waals surface area contributed by atoms with Gasteiger partial charge in [-0.2, -0.15) is 0 Å². The van der Waals surface area contributed by atoms with Gasteiger partial charge in [0.1, 0.15) is 6.04 Å². The summed E-state index contributed by atoms with van der Waals surface area (Å²) < 4.78 is 4.43. The van der Waals surface area contributed by atoms with Gasteiger partial charge in [0.2, 0.25) is 0 Å². The zero-order valence-corrected chi connectivity index (χ0v) is 7.03. The van der Waals surface area contributed by atoms with E-state index in [1.54, 1.807) is 6.92 Å². The maximum atomic E-state index is 11.0. The monoisotopic (exact) mass is 186 g/mol. The van der Waals surface area contributed by atoms with Crippen molar-refractivity contribution < 1.29 is 14.4 Å². The van der Waals surface area contributed by atoms with Crippen LogP contribution >= 0.6 is 0 Å². The van der Waals surface area contributed by atoms with Gasteiger partial charge in [-0.05, 0) is 6.42 Å². The average Bonchev–Trinajstić information content (AvgIpc) is 2.45. The van der Waals surface area contributed by atoms with E-state index in [9.17, 15) is 9.59 Å². The highest BCUT2D eigenvalue weighted by molar-refractivity contribution is 5.75. The van der Waals surface area contributed by atoms with E-state index < -0.39 is 17.6 Å². The van der Waals surface area contributed by atoms with Crippen LogP contribution in [-0.4, -0.2) is 16.2 Å². The molecule has 0 radical (unpaired) electrons. The van der Waals surface area contributed by atoms with Gasteiger partial charge < -0.3 is 15.4 Å². The molecule has 72 valence electrons. The first-order valence-electron chi connectivity index (χ1n) is 3.76. The normalized spacial score (nSPS) is 12.8. The second-order valence-electron chi connectivity index (χ2n) is 2.55. The van der Waals surface area contributed by atoms with Crippen LogP contribution in [0.5, 0.6) is 0 Å². The summed E-state index contributed by atoms with van der Waals surface area (Å²) in [7, 11) is 0. The molecule has 1 aromatic heterocycles. The summed E-state index contributed by atoms with van der Waals surface area (Å²) in [5, 5.41) is 10.9. The van der Waals surface area contributed by atoms with Gasteiger partial charge in [-0.15, -0.1) is 0 Å². The molecule has 1 aromatic rings. The van der Waals surface area contributed by atoms with Crippen LogP contribution in [0.3, 0.4) is 0 Å². The van der Waals surface area contributed by atoms with E-state index in [0.717, 1.165) is 0 Å². The Labute approximate surface area is 73.3 Å². The van der Waals surface area contributed by atoms with E-state index >= 15 is 0 Å². The maximum absolute atomic E-state index is 11.0. The Hall–Kier alpha value is -1.56. The molecule has 6 nitrogen and oxygen atoms in total. The van der Waals surface area contributed by atoms with Crippen LogP contribution in [0.1, 0.15) is 24.2 Å². The predicted molar refractivity (Wildman–Crippen MR) is 43.3 cm³/mol. The maximum Gasteiger partial charge on any atom is 0.362 e. The van der Waals surface area contributed by atoms with Crippen molar-refractivity contribution in [3.63, 3.8) is 0 Å². The number of carbonyl (C=O) groups is 1. The summed E-state index contributed by atoms with van der Waals surface area (Å²) in [6.07, 6.45) is 0.474. The van der Waals surface area contributed by atoms with Gasteiger partial charge in [0.25, 0.3) is 0 Å². The second-order valence-corrected chi connectivity index (χ2v) is 2.55. The minimum absolute atomic E-state index is 0.00463. The molecule has 1 heterocycles. The molecule has 1 atom stereocenters. The predicted octanol–water partition coefficient (Wildman–Crippen LogP) is -0.385. The number of hydrogen-bond acceptors (Lipinski definition) is 4. The third kappa shape index (κ3) is 1.62. The Morgan fingerprint density at radius 2 is 2.38 bits per heavy atom. The molecule has 0 spiro atoms. The largest absolute Gasteiger partial charge is 0.480 e. The smallest absolute Gasteiger partial charge is 0.362 e. The molecule has 0 saturated heterocycles. The van der Waals surface area contributed by atoms with Gasteiger partial charge in [-0.3, -0.25) is 4.79 Å². The molecule has 0 unspecified atom stereocenters. The van der Waals surface area contributed by atoms with E-state index in [0.29, 0.717) is 12.1 Å². The Morgan fingerprint density at radius 3 is 2.85 bits per heavy atom. The van der Waals surface area contributed by atoms with Gasteiger partial charge in [0.15, 0.2) is 0 Å². The zero-order chi connectivity index (χ0) is 10.0. The fourth-order valence-electron chi connectivity index (χ4n) is 1.04. The third-order valence-electron chi connectivity index (χ3n) is 1.74. The highest BCUT2D eigenvalue weighted by Gasteiger charge is 2.23. The van der Waals surface area contributed by atoms with Gasteiger partial charge in [-0.1, -0.05) is 6.92 Å². The lowest BCUT2D eigenvalue weighted by Gasteiger charge is -2.02. The highest BCUT2D eigenvalue weighted by Crippen LogP contribution is 2.10. The van der Waals surface area contributed by atoms with Gasteiger partial charge in [0.05, 0.1) is 11.3 Å². The number of aromatic amines is 1. The molecule has 0 bridgehead atoms. The first kappa shape index (κ1) is 9.53. The van der Waals surface area contributed by atoms with Crippen LogP contribution in [0.4, 0.5) is 0 Å². The summed E-state index contributed by atoms with van der Waals surface area (Å²) in [5.41, 5.74) is 4.99. The summed E-state index contributed by atoms with van der Waals surface area (Å²) in [6, 6.07) is -1.32. The third-order valence-corrected chi connectivity index (χ3v) is 1.74. The SMILES string of the molecule is CCc1[nH]oc(=O)c1[C@@H](N)C(=O)O. The van der Waals surface area contributed by atoms with Crippen LogP contribution in [0.2, 0.25) is 0 Å². The van der Waals surface area contributed by atoms with Crippen molar-refractivity contribution in [3.8, 4) is 0 Å². The number of aryl methyl sites for hydroxylation is 1.